The molecule has 0 fully saturated rings. The van der Waals surface area contributed by atoms with Gasteiger partial charge < -0.3 is 4.98 Å². The average molecular weight is 774 g/mol. The predicted octanol–water partition coefficient (Wildman–Crippen LogP) is 15.6. The third kappa shape index (κ3) is 8.13. The molecule has 0 radical (unpaired) electrons. The fraction of sp³-hybridized carbons (Fsp3) is 0.286. The van der Waals surface area contributed by atoms with E-state index in [9.17, 15) is 0 Å². The fourth-order valence-electron chi connectivity index (χ4n) is 7.99. The van der Waals surface area contributed by atoms with E-state index in [2.05, 4.69) is 215 Å². The molecule has 5 aromatic carbocycles. The van der Waals surface area contributed by atoms with E-state index in [1.807, 2.05) is 6.20 Å². The van der Waals surface area contributed by atoms with Crippen LogP contribution in [-0.4, -0.2) is 15.0 Å². The molecule has 3 heterocycles. The molecule has 3 nitrogen and oxygen atoms in total. The van der Waals surface area contributed by atoms with Gasteiger partial charge in [-0.1, -0.05) is 168 Å². The molecule has 0 saturated carbocycles. The number of hydrogen-bond acceptors (Lipinski definition) is 2. The maximum atomic E-state index is 5.58. The van der Waals surface area contributed by atoms with Crippen LogP contribution >= 0.6 is 0 Å². The highest BCUT2D eigenvalue weighted by Crippen LogP contribution is 2.40. The van der Waals surface area contributed by atoms with Crippen molar-refractivity contribution in [1.82, 2.24) is 15.0 Å². The Bertz CT molecular complexity index is 2720. The summed E-state index contributed by atoms with van der Waals surface area (Å²) in [7, 11) is 0. The van der Waals surface area contributed by atoms with Gasteiger partial charge in [0.1, 0.15) is 0 Å². The number of fused-ring (bicyclic) bond motifs is 3. The van der Waals surface area contributed by atoms with Crippen LogP contribution in [0.1, 0.15) is 105 Å². The van der Waals surface area contributed by atoms with Gasteiger partial charge in [0.15, 0.2) is 0 Å². The fourth-order valence-corrected chi connectivity index (χ4v) is 7.99. The third-order valence-electron chi connectivity index (χ3n) is 11.9. The van der Waals surface area contributed by atoms with Gasteiger partial charge in [-0.15, -0.1) is 0 Å². The molecule has 298 valence electrons. The summed E-state index contributed by atoms with van der Waals surface area (Å²) >= 11 is 0. The minimum absolute atomic E-state index is 0.0130. The Morgan fingerprint density at radius 3 is 1.51 bits per heavy atom. The molecule has 3 aromatic heterocycles. The highest BCUT2D eigenvalue weighted by Gasteiger charge is 2.23. The van der Waals surface area contributed by atoms with Crippen molar-refractivity contribution in [2.24, 2.45) is 0 Å². The zero-order valence-electron chi connectivity index (χ0n) is 37.1. The Morgan fingerprint density at radius 2 is 0.898 bits per heavy atom. The van der Waals surface area contributed by atoms with E-state index in [0.717, 1.165) is 55.9 Å². The van der Waals surface area contributed by atoms with Gasteiger partial charge in [0.2, 0.25) is 0 Å². The molecule has 0 amide bonds. The molecule has 59 heavy (non-hydrogen) atoms. The Labute approximate surface area is 352 Å². The van der Waals surface area contributed by atoms with Crippen molar-refractivity contribution >= 4 is 21.8 Å². The number of benzene rings is 5. The first-order valence-corrected chi connectivity index (χ1v) is 21.1. The highest BCUT2D eigenvalue weighted by molar-refractivity contribution is 6.11. The standard InChI is InChI=1S/C56H59N3/c1-53(2,3)41-22-20-35(21-23-41)36-26-39(48-25-24-42(34-57-48)54(4,5)6)28-40(27-36)50-31-38(37-29-43(55(7,8)9)33-44(30-37)56(10,11)12)32-51(58-50)47-18-15-17-46-45-16-13-14-19-49(45)59-52(46)47/h13-34,59H,1-12H3. The molecule has 0 bridgehead atoms. The van der Waals surface area contributed by atoms with Crippen molar-refractivity contribution in [2.75, 3.05) is 0 Å². The lowest BCUT2D eigenvalue weighted by Gasteiger charge is -2.26. The summed E-state index contributed by atoms with van der Waals surface area (Å²) in [5, 5.41) is 2.41. The van der Waals surface area contributed by atoms with E-state index in [0.29, 0.717) is 0 Å². The molecule has 0 saturated heterocycles. The van der Waals surface area contributed by atoms with Gasteiger partial charge in [-0.25, -0.2) is 4.98 Å². The number of aromatic amines is 1. The van der Waals surface area contributed by atoms with Crippen LogP contribution in [0.3, 0.4) is 0 Å². The van der Waals surface area contributed by atoms with Gasteiger partial charge in [-0.05, 0) is 109 Å². The van der Waals surface area contributed by atoms with E-state index in [1.165, 1.54) is 44.2 Å². The van der Waals surface area contributed by atoms with Crippen LogP contribution in [0.5, 0.6) is 0 Å². The van der Waals surface area contributed by atoms with Gasteiger partial charge >= 0.3 is 0 Å². The van der Waals surface area contributed by atoms with E-state index < -0.39 is 0 Å². The van der Waals surface area contributed by atoms with E-state index >= 15 is 0 Å². The molecule has 0 unspecified atom stereocenters. The summed E-state index contributed by atoms with van der Waals surface area (Å²) in [5.41, 5.74) is 18.1. The lowest BCUT2D eigenvalue weighted by molar-refractivity contribution is 0.569. The van der Waals surface area contributed by atoms with Gasteiger partial charge in [-0.2, -0.15) is 0 Å². The Balaban J connectivity index is 1.40. The molecule has 0 atom stereocenters. The van der Waals surface area contributed by atoms with Gasteiger partial charge in [0, 0.05) is 39.2 Å². The number of nitrogens with one attached hydrogen (secondary N) is 1. The molecule has 0 aliphatic heterocycles. The summed E-state index contributed by atoms with van der Waals surface area (Å²) < 4.78 is 0. The predicted molar refractivity (Wildman–Crippen MR) is 253 cm³/mol. The van der Waals surface area contributed by atoms with Crippen molar-refractivity contribution < 1.29 is 0 Å². The van der Waals surface area contributed by atoms with Crippen molar-refractivity contribution in [1.29, 1.82) is 0 Å². The Hall–Kier alpha value is -5.80. The van der Waals surface area contributed by atoms with Crippen molar-refractivity contribution in [2.45, 2.75) is 105 Å². The maximum Gasteiger partial charge on any atom is 0.0736 e. The van der Waals surface area contributed by atoms with Crippen molar-refractivity contribution in [3.63, 3.8) is 0 Å². The lowest BCUT2D eigenvalue weighted by atomic mass is 9.79. The van der Waals surface area contributed by atoms with Crippen molar-refractivity contribution in [3.05, 3.63) is 156 Å². The number of aromatic nitrogens is 3. The quantitative estimate of drug-likeness (QED) is 0.189. The minimum Gasteiger partial charge on any atom is -0.354 e. The van der Waals surface area contributed by atoms with E-state index in [-0.39, 0.29) is 21.7 Å². The summed E-state index contributed by atoms with van der Waals surface area (Å²) in [4.78, 5) is 14.4. The average Bonchev–Trinajstić information content (AvgIpc) is 3.58. The topological polar surface area (TPSA) is 41.6 Å². The van der Waals surface area contributed by atoms with Crippen LogP contribution in [0.25, 0.3) is 77.8 Å². The second-order valence-electron chi connectivity index (χ2n) is 20.6. The largest absolute Gasteiger partial charge is 0.354 e. The molecule has 1 N–H and O–H groups in total. The van der Waals surface area contributed by atoms with Crippen LogP contribution in [0.2, 0.25) is 0 Å². The second kappa shape index (κ2) is 14.5. The first kappa shape index (κ1) is 40.0. The van der Waals surface area contributed by atoms with Crippen LogP contribution in [0.4, 0.5) is 0 Å². The summed E-state index contributed by atoms with van der Waals surface area (Å²) in [6.45, 7) is 27.3. The van der Waals surface area contributed by atoms with Gasteiger partial charge in [0.25, 0.3) is 0 Å². The van der Waals surface area contributed by atoms with Crippen LogP contribution in [-0.2, 0) is 21.7 Å². The zero-order valence-corrected chi connectivity index (χ0v) is 37.1. The molecule has 0 aliphatic rings. The normalized spacial score (nSPS) is 12.7. The van der Waals surface area contributed by atoms with Crippen molar-refractivity contribution in [3.8, 4) is 56.0 Å². The Kier molecular flexibility index (Phi) is 9.82. The van der Waals surface area contributed by atoms with E-state index in [1.54, 1.807) is 0 Å². The molecule has 0 aliphatic carbocycles. The number of hydrogen-bond donors (Lipinski definition) is 1. The van der Waals surface area contributed by atoms with Gasteiger partial charge in [0.05, 0.1) is 22.6 Å². The van der Waals surface area contributed by atoms with Crippen LogP contribution in [0.15, 0.2) is 134 Å². The molecule has 0 spiro atoms. The SMILES string of the molecule is CC(C)(C)c1ccc(-c2cc(-c3ccc(C(C)(C)C)cn3)cc(-c3cc(-c4cc(C(C)(C)C)cc(C(C)(C)C)c4)cc(-c4cccc5c4[nH]c4ccccc45)n3)c2)cc1. The first-order valence-electron chi connectivity index (χ1n) is 21.1. The van der Waals surface area contributed by atoms with Gasteiger partial charge in [-0.3, -0.25) is 4.98 Å². The smallest absolute Gasteiger partial charge is 0.0736 e. The van der Waals surface area contributed by atoms with E-state index in [4.69, 9.17) is 9.97 Å². The second-order valence-corrected chi connectivity index (χ2v) is 20.6. The molecule has 3 heteroatoms. The first-order chi connectivity index (χ1) is 27.7. The number of nitrogens with zero attached hydrogens (tertiary/aromatic N) is 2. The number of pyridine rings is 2. The summed E-state index contributed by atoms with van der Waals surface area (Å²) in [6, 6.07) is 47.2. The highest BCUT2D eigenvalue weighted by atomic mass is 14.7. The zero-order chi connectivity index (χ0) is 42.1. The van der Waals surface area contributed by atoms with Crippen LogP contribution < -0.4 is 0 Å². The molecular weight excluding hydrogens is 715 g/mol. The Morgan fingerprint density at radius 1 is 0.373 bits per heavy atom. The summed E-state index contributed by atoms with van der Waals surface area (Å²) in [5.74, 6) is 0. The van der Waals surface area contributed by atoms with Crippen LogP contribution in [0, 0.1) is 0 Å². The maximum absolute atomic E-state index is 5.58. The number of H-pyrrole nitrogens is 1. The number of rotatable bonds is 5. The lowest BCUT2D eigenvalue weighted by Crippen LogP contribution is -2.16. The minimum atomic E-state index is -0.0219. The molecule has 8 aromatic rings. The number of para-hydroxylation sites is 2. The monoisotopic (exact) mass is 773 g/mol. The molecule has 8 rings (SSSR count). The summed E-state index contributed by atoms with van der Waals surface area (Å²) in [6.07, 6.45) is 2.03. The third-order valence-corrected chi connectivity index (χ3v) is 11.9. The molecular formula is C56H59N3.